The zero-order valence-corrected chi connectivity index (χ0v) is 13.0. The van der Waals surface area contributed by atoms with Crippen LogP contribution in [0.5, 0.6) is 0 Å². The van der Waals surface area contributed by atoms with Gasteiger partial charge in [0.15, 0.2) is 0 Å². The van der Waals surface area contributed by atoms with Gasteiger partial charge in [-0.3, -0.25) is 9.78 Å². The third-order valence-corrected chi connectivity index (χ3v) is 3.84. The molecule has 1 aromatic heterocycles. The lowest BCUT2D eigenvalue weighted by atomic mass is 10.1. The molecule has 1 atom stereocenters. The van der Waals surface area contributed by atoms with E-state index in [9.17, 15) is 4.79 Å². The molecule has 1 amide bonds. The van der Waals surface area contributed by atoms with Crippen LogP contribution in [0.1, 0.15) is 44.2 Å². The lowest BCUT2D eigenvalue weighted by molar-refractivity contribution is -0.133. The van der Waals surface area contributed by atoms with Crippen molar-refractivity contribution >= 4 is 5.91 Å². The summed E-state index contributed by atoms with van der Waals surface area (Å²) < 4.78 is 5.67. The van der Waals surface area contributed by atoms with Crippen molar-refractivity contribution in [2.75, 3.05) is 13.2 Å². The van der Waals surface area contributed by atoms with Crippen LogP contribution in [0.25, 0.3) is 0 Å². The quantitative estimate of drug-likeness (QED) is 0.547. The van der Waals surface area contributed by atoms with Gasteiger partial charge in [-0.2, -0.15) is 0 Å². The highest BCUT2D eigenvalue weighted by Gasteiger charge is 2.22. The minimum absolute atomic E-state index is 0.165. The number of hydrogen-bond donors (Lipinski definition) is 0. The fourth-order valence-electron chi connectivity index (χ4n) is 2.64. The molecule has 1 aromatic rings. The first-order valence-corrected chi connectivity index (χ1v) is 8.02. The van der Waals surface area contributed by atoms with Crippen molar-refractivity contribution in [1.82, 2.24) is 9.88 Å². The summed E-state index contributed by atoms with van der Waals surface area (Å²) in [4.78, 5) is 18.7. The Morgan fingerprint density at radius 1 is 1.45 bits per heavy atom. The Bertz CT molecular complexity index is 490. The van der Waals surface area contributed by atoms with Gasteiger partial charge < -0.3 is 9.64 Å². The first-order valence-electron chi connectivity index (χ1n) is 8.02. The Balaban J connectivity index is 1.91. The van der Waals surface area contributed by atoms with E-state index in [4.69, 9.17) is 11.2 Å². The molecule has 0 radical (unpaired) electrons. The molecule has 118 valence electrons. The molecule has 0 bridgehead atoms. The number of unbranched alkanes of at least 4 members (excludes halogenated alkanes) is 2. The average Bonchev–Trinajstić information content (AvgIpc) is 3.05. The smallest absolute Gasteiger partial charge is 0.223 e. The van der Waals surface area contributed by atoms with Crippen molar-refractivity contribution in [3.63, 3.8) is 0 Å². The molecule has 0 saturated carbocycles. The van der Waals surface area contributed by atoms with Crippen LogP contribution >= 0.6 is 0 Å². The number of amides is 1. The summed E-state index contributed by atoms with van der Waals surface area (Å²) in [5.74, 6) is 2.78. The highest BCUT2D eigenvalue weighted by Crippen LogP contribution is 2.16. The standard InChI is InChI=1S/C18H24N2O2/c1-2-3-4-5-11-18(21)20(15-17-10-8-13-22-17)14-16-9-6-7-12-19-16/h1,6-7,9,12,17H,3-5,8,10-11,13-15H2/t17-/m1/s1. The van der Waals surface area contributed by atoms with E-state index >= 15 is 0 Å². The zero-order valence-electron chi connectivity index (χ0n) is 13.0. The second kappa shape index (κ2) is 9.22. The maximum absolute atomic E-state index is 12.5. The Morgan fingerprint density at radius 3 is 3.05 bits per heavy atom. The van der Waals surface area contributed by atoms with Crippen LogP contribution in [0.4, 0.5) is 0 Å². The number of hydrogen-bond acceptors (Lipinski definition) is 3. The molecule has 1 aliphatic rings. The first kappa shape index (κ1) is 16.5. The molecular formula is C18H24N2O2. The van der Waals surface area contributed by atoms with Gasteiger partial charge in [-0.25, -0.2) is 0 Å². The zero-order chi connectivity index (χ0) is 15.6. The molecule has 1 saturated heterocycles. The number of rotatable bonds is 8. The van der Waals surface area contributed by atoms with E-state index in [2.05, 4.69) is 10.9 Å². The lowest BCUT2D eigenvalue weighted by Gasteiger charge is -2.25. The average molecular weight is 300 g/mol. The fraction of sp³-hybridized carbons (Fsp3) is 0.556. The van der Waals surface area contributed by atoms with E-state index < -0.39 is 0 Å². The van der Waals surface area contributed by atoms with E-state index in [0.29, 0.717) is 19.5 Å². The predicted molar refractivity (Wildman–Crippen MR) is 85.9 cm³/mol. The molecule has 0 aliphatic carbocycles. The number of ether oxygens (including phenoxy) is 1. The normalized spacial score (nSPS) is 17.1. The van der Waals surface area contributed by atoms with Gasteiger partial charge >= 0.3 is 0 Å². The molecule has 0 N–H and O–H groups in total. The van der Waals surface area contributed by atoms with Gasteiger partial charge in [0.2, 0.25) is 5.91 Å². The second-order valence-corrected chi connectivity index (χ2v) is 5.64. The third-order valence-electron chi connectivity index (χ3n) is 3.84. The summed E-state index contributed by atoms with van der Waals surface area (Å²) in [6.45, 7) is 2.01. The summed E-state index contributed by atoms with van der Waals surface area (Å²) in [6.07, 6.45) is 12.3. The van der Waals surface area contributed by atoms with Gasteiger partial charge in [-0.05, 0) is 37.8 Å². The highest BCUT2D eigenvalue weighted by atomic mass is 16.5. The lowest BCUT2D eigenvalue weighted by Crippen LogP contribution is -2.37. The van der Waals surface area contributed by atoms with Crippen LogP contribution in [0.3, 0.4) is 0 Å². The molecule has 4 heteroatoms. The van der Waals surface area contributed by atoms with E-state index in [1.165, 1.54) is 0 Å². The first-order chi connectivity index (χ1) is 10.8. The van der Waals surface area contributed by atoms with Crippen LogP contribution in [-0.2, 0) is 16.1 Å². The van der Waals surface area contributed by atoms with Crippen LogP contribution < -0.4 is 0 Å². The van der Waals surface area contributed by atoms with Gasteiger partial charge in [0, 0.05) is 32.2 Å². The highest BCUT2D eigenvalue weighted by molar-refractivity contribution is 5.76. The van der Waals surface area contributed by atoms with Crippen molar-refractivity contribution in [1.29, 1.82) is 0 Å². The molecule has 1 fully saturated rings. The summed E-state index contributed by atoms with van der Waals surface area (Å²) >= 11 is 0. The Labute approximate surface area is 132 Å². The maximum atomic E-state index is 12.5. The van der Waals surface area contributed by atoms with Crippen molar-refractivity contribution in [2.24, 2.45) is 0 Å². The molecule has 4 nitrogen and oxygen atoms in total. The SMILES string of the molecule is C#CCCCCC(=O)N(Cc1ccccn1)C[C@H]1CCCO1. The number of nitrogens with zero attached hydrogens (tertiary/aromatic N) is 2. The predicted octanol–water partition coefficient (Wildman–Crippen LogP) is 2.78. The van der Waals surface area contributed by atoms with Crippen LogP contribution in [0.2, 0.25) is 0 Å². The number of carbonyl (C=O) groups is 1. The summed E-state index contributed by atoms with van der Waals surface area (Å²) in [5, 5.41) is 0. The monoisotopic (exact) mass is 300 g/mol. The van der Waals surface area contributed by atoms with Gasteiger partial charge in [-0.15, -0.1) is 12.3 Å². The second-order valence-electron chi connectivity index (χ2n) is 5.64. The summed E-state index contributed by atoms with van der Waals surface area (Å²) in [5.41, 5.74) is 0.914. The molecule has 0 aromatic carbocycles. The van der Waals surface area contributed by atoms with Gasteiger partial charge in [0.05, 0.1) is 18.3 Å². The van der Waals surface area contributed by atoms with Crippen molar-refractivity contribution in [3.8, 4) is 12.3 Å². The minimum Gasteiger partial charge on any atom is -0.376 e. The van der Waals surface area contributed by atoms with Gasteiger partial charge in [-0.1, -0.05) is 6.07 Å². The largest absolute Gasteiger partial charge is 0.376 e. The number of terminal acetylenes is 1. The van der Waals surface area contributed by atoms with Crippen molar-refractivity contribution in [3.05, 3.63) is 30.1 Å². The van der Waals surface area contributed by atoms with Crippen LogP contribution in [0.15, 0.2) is 24.4 Å². The van der Waals surface area contributed by atoms with E-state index in [1.54, 1.807) is 6.20 Å². The van der Waals surface area contributed by atoms with Crippen LogP contribution in [0, 0.1) is 12.3 Å². The molecule has 0 unspecified atom stereocenters. The van der Waals surface area contributed by atoms with Crippen molar-refractivity contribution in [2.45, 2.75) is 51.2 Å². The van der Waals surface area contributed by atoms with Crippen LogP contribution in [-0.4, -0.2) is 35.0 Å². The Kier molecular flexibility index (Phi) is 6.92. The Hall–Kier alpha value is -1.86. The molecule has 1 aliphatic heterocycles. The van der Waals surface area contributed by atoms with E-state index in [1.807, 2.05) is 23.1 Å². The number of aromatic nitrogens is 1. The molecule has 2 heterocycles. The van der Waals surface area contributed by atoms with Gasteiger partial charge in [0.1, 0.15) is 0 Å². The number of pyridine rings is 1. The summed E-state index contributed by atoms with van der Waals surface area (Å²) in [7, 11) is 0. The van der Waals surface area contributed by atoms with E-state index in [0.717, 1.165) is 44.4 Å². The van der Waals surface area contributed by atoms with Crippen molar-refractivity contribution < 1.29 is 9.53 Å². The molecule has 2 rings (SSSR count). The Morgan fingerprint density at radius 2 is 2.36 bits per heavy atom. The summed E-state index contributed by atoms with van der Waals surface area (Å²) in [6, 6.07) is 5.79. The third kappa shape index (κ3) is 5.50. The van der Waals surface area contributed by atoms with Gasteiger partial charge in [0.25, 0.3) is 0 Å². The molecule has 22 heavy (non-hydrogen) atoms. The van der Waals surface area contributed by atoms with E-state index in [-0.39, 0.29) is 12.0 Å². The maximum Gasteiger partial charge on any atom is 0.223 e. The molecular weight excluding hydrogens is 276 g/mol. The topological polar surface area (TPSA) is 42.4 Å². The molecule has 0 spiro atoms. The fourth-order valence-corrected chi connectivity index (χ4v) is 2.64. The number of carbonyl (C=O) groups excluding carboxylic acids is 1. The minimum atomic E-state index is 0.165.